The van der Waals surface area contributed by atoms with Gasteiger partial charge < -0.3 is 9.97 Å². The van der Waals surface area contributed by atoms with Gasteiger partial charge in [0.05, 0.1) is 22.8 Å². The lowest BCUT2D eigenvalue weighted by atomic mass is 9.92. The summed E-state index contributed by atoms with van der Waals surface area (Å²) in [6, 6.07) is 25.6. The van der Waals surface area contributed by atoms with E-state index in [0.29, 0.717) is 0 Å². The van der Waals surface area contributed by atoms with Crippen molar-refractivity contribution in [3.8, 4) is 34.1 Å². The first-order chi connectivity index (χ1) is 20.4. The number of hydrogen-bond donors (Lipinski definition) is 2. The van der Waals surface area contributed by atoms with Gasteiger partial charge in [-0.3, -0.25) is 0 Å². The Morgan fingerprint density at radius 3 is 1.64 bits per heavy atom. The highest BCUT2D eigenvalue weighted by atomic mass is 14.8. The number of fused-ring (bicyclic) bond motifs is 8. The summed E-state index contributed by atoms with van der Waals surface area (Å²) in [5.41, 5.74) is 16.8. The number of rotatable bonds is 2. The topological polar surface area (TPSA) is 57.4 Å². The second kappa shape index (κ2) is 10.2. The van der Waals surface area contributed by atoms with Crippen LogP contribution in [0.1, 0.15) is 52.0 Å². The lowest BCUT2D eigenvalue weighted by molar-refractivity contribution is 1.25. The molecule has 202 valence electrons. The molecule has 0 saturated carbocycles. The molecule has 0 spiro atoms. The fraction of sp³-hybridized carbons (Fsp3) is 0.105. The first-order valence-electron chi connectivity index (χ1n) is 14.2. The van der Waals surface area contributed by atoms with E-state index < -0.39 is 0 Å². The monoisotopic (exact) mass is 542 g/mol. The summed E-state index contributed by atoms with van der Waals surface area (Å²) in [5, 5.41) is 0. The maximum Gasteiger partial charge on any atom is 0.0738 e. The lowest BCUT2D eigenvalue weighted by Gasteiger charge is -2.13. The standard InChI is InChI=1S/C38H30N4/c1-5-6-26-7-9-27(10-8-26)37-32-15-11-28(39-32)21-30-13-17-34(41-30)38(36-24(3)19-23(2)20-25(36)4)35-18-14-31(42-35)22-29-12-16-33(37)40-29/h7-22,39-40H,1-4H3. The van der Waals surface area contributed by atoms with Gasteiger partial charge in [0.15, 0.2) is 0 Å². The summed E-state index contributed by atoms with van der Waals surface area (Å²) < 4.78 is 0. The number of aryl methyl sites for hydroxylation is 3. The van der Waals surface area contributed by atoms with Crippen LogP contribution in [-0.4, -0.2) is 19.9 Å². The van der Waals surface area contributed by atoms with Gasteiger partial charge in [-0.15, -0.1) is 5.92 Å². The van der Waals surface area contributed by atoms with Crippen LogP contribution in [-0.2, 0) is 0 Å². The number of aromatic amines is 2. The summed E-state index contributed by atoms with van der Waals surface area (Å²) in [6.07, 6.45) is 8.37. The lowest BCUT2D eigenvalue weighted by Crippen LogP contribution is -1.95. The molecule has 0 unspecified atom stereocenters. The van der Waals surface area contributed by atoms with Crippen molar-refractivity contribution < 1.29 is 0 Å². The third-order valence-corrected chi connectivity index (χ3v) is 7.77. The van der Waals surface area contributed by atoms with Gasteiger partial charge in [-0.05, 0) is 123 Å². The smallest absolute Gasteiger partial charge is 0.0738 e. The van der Waals surface area contributed by atoms with E-state index in [9.17, 15) is 0 Å². The van der Waals surface area contributed by atoms with Crippen molar-refractivity contribution in [1.29, 1.82) is 0 Å². The zero-order valence-electron chi connectivity index (χ0n) is 24.1. The SMILES string of the molecule is CC#Cc1ccc(-c2c3ccc(cc4nc(c(-c5c(C)cc(C)cc5C)c5nc(cc6ccc2[nH]6)C=C5)C=C4)[nH]3)cc1. The van der Waals surface area contributed by atoms with Crippen LogP contribution in [0, 0.1) is 32.6 Å². The largest absolute Gasteiger partial charge is 0.355 e. The number of hydrogen-bond acceptors (Lipinski definition) is 2. The van der Waals surface area contributed by atoms with Gasteiger partial charge in [-0.25, -0.2) is 9.97 Å². The van der Waals surface area contributed by atoms with Crippen molar-refractivity contribution in [1.82, 2.24) is 19.9 Å². The third kappa shape index (κ3) is 4.66. The van der Waals surface area contributed by atoms with Crippen LogP contribution in [0.3, 0.4) is 0 Å². The van der Waals surface area contributed by atoms with Gasteiger partial charge in [0.25, 0.3) is 0 Å². The molecule has 2 N–H and O–H groups in total. The summed E-state index contributed by atoms with van der Waals surface area (Å²) in [4.78, 5) is 17.5. The second-order valence-corrected chi connectivity index (χ2v) is 10.9. The zero-order valence-corrected chi connectivity index (χ0v) is 24.1. The van der Waals surface area contributed by atoms with E-state index in [0.717, 1.165) is 67.1 Å². The molecule has 2 aromatic carbocycles. The molecule has 8 bridgehead atoms. The summed E-state index contributed by atoms with van der Waals surface area (Å²) in [7, 11) is 0. The van der Waals surface area contributed by atoms with Crippen LogP contribution < -0.4 is 0 Å². The molecule has 2 aliphatic heterocycles. The molecule has 7 rings (SSSR count). The van der Waals surface area contributed by atoms with Crippen molar-refractivity contribution in [3.63, 3.8) is 0 Å². The molecular weight excluding hydrogens is 512 g/mol. The molecule has 0 radical (unpaired) electrons. The predicted octanol–water partition coefficient (Wildman–Crippen LogP) is 9.29. The number of benzene rings is 2. The maximum absolute atomic E-state index is 5.10. The van der Waals surface area contributed by atoms with Crippen molar-refractivity contribution in [2.24, 2.45) is 0 Å². The molecule has 0 fully saturated rings. The minimum Gasteiger partial charge on any atom is -0.355 e. The van der Waals surface area contributed by atoms with Crippen LogP contribution in [0.15, 0.2) is 72.8 Å². The first kappa shape index (κ1) is 25.6. The van der Waals surface area contributed by atoms with Crippen molar-refractivity contribution in [3.05, 3.63) is 118 Å². The number of nitrogens with one attached hydrogen (secondary N) is 2. The Kier molecular flexibility index (Phi) is 6.22. The fourth-order valence-electron chi connectivity index (χ4n) is 6.08. The summed E-state index contributed by atoms with van der Waals surface area (Å²) in [6.45, 7) is 8.35. The highest BCUT2D eigenvalue weighted by Crippen LogP contribution is 2.36. The quantitative estimate of drug-likeness (QED) is 0.214. The minimum absolute atomic E-state index is 0.898. The number of H-pyrrole nitrogens is 2. The van der Waals surface area contributed by atoms with Crippen molar-refractivity contribution in [2.45, 2.75) is 27.7 Å². The van der Waals surface area contributed by atoms with E-state index in [1.54, 1.807) is 0 Å². The Morgan fingerprint density at radius 2 is 1.12 bits per heavy atom. The van der Waals surface area contributed by atoms with Gasteiger partial charge in [-0.2, -0.15) is 0 Å². The molecule has 0 saturated heterocycles. The third-order valence-electron chi connectivity index (χ3n) is 7.77. The minimum atomic E-state index is 0.898. The van der Waals surface area contributed by atoms with Crippen LogP contribution in [0.5, 0.6) is 0 Å². The average molecular weight is 543 g/mol. The fourth-order valence-corrected chi connectivity index (χ4v) is 6.08. The van der Waals surface area contributed by atoms with Crippen molar-refractivity contribution in [2.75, 3.05) is 0 Å². The average Bonchev–Trinajstić information content (AvgIpc) is 3.77. The Balaban J connectivity index is 1.54. The second-order valence-electron chi connectivity index (χ2n) is 10.9. The van der Waals surface area contributed by atoms with E-state index in [1.807, 2.05) is 6.92 Å². The Labute approximate surface area is 245 Å². The molecule has 5 heterocycles. The van der Waals surface area contributed by atoms with E-state index >= 15 is 0 Å². The molecule has 0 aliphatic carbocycles. The van der Waals surface area contributed by atoms with Gasteiger partial charge >= 0.3 is 0 Å². The summed E-state index contributed by atoms with van der Waals surface area (Å²) >= 11 is 0. The molecule has 5 aromatic rings. The van der Waals surface area contributed by atoms with Crippen molar-refractivity contribution >= 4 is 46.4 Å². The van der Waals surface area contributed by atoms with E-state index in [2.05, 4.69) is 140 Å². The van der Waals surface area contributed by atoms with E-state index in [4.69, 9.17) is 9.97 Å². The molecule has 4 heteroatoms. The van der Waals surface area contributed by atoms with Gasteiger partial charge in [0, 0.05) is 38.8 Å². The number of nitrogens with zero attached hydrogens (tertiary/aromatic N) is 2. The maximum atomic E-state index is 5.10. The first-order valence-corrected chi connectivity index (χ1v) is 14.2. The Morgan fingerprint density at radius 1 is 0.571 bits per heavy atom. The zero-order chi connectivity index (χ0) is 28.8. The van der Waals surface area contributed by atoms with Crippen LogP contribution in [0.2, 0.25) is 0 Å². The highest BCUT2D eigenvalue weighted by Gasteiger charge is 2.18. The molecule has 42 heavy (non-hydrogen) atoms. The molecular formula is C38H30N4. The molecule has 2 aliphatic rings. The van der Waals surface area contributed by atoms with Crippen LogP contribution >= 0.6 is 0 Å². The van der Waals surface area contributed by atoms with E-state index in [1.165, 1.54) is 22.3 Å². The van der Waals surface area contributed by atoms with Gasteiger partial charge in [0.1, 0.15) is 0 Å². The molecule has 3 aromatic heterocycles. The van der Waals surface area contributed by atoms with E-state index in [-0.39, 0.29) is 0 Å². The van der Waals surface area contributed by atoms with Gasteiger partial charge in [0.2, 0.25) is 0 Å². The number of aromatic nitrogens is 4. The highest BCUT2D eigenvalue weighted by molar-refractivity contribution is 5.94. The molecule has 4 nitrogen and oxygen atoms in total. The van der Waals surface area contributed by atoms with Crippen LogP contribution in [0.25, 0.3) is 68.6 Å². The summed E-state index contributed by atoms with van der Waals surface area (Å²) in [5.74, 6) is 6.12. The molecule has 0 atom stereocenters. The Bertz CT molecular complexity index is 2060. The molecule has 0 amide bonds. The predicted molar refractivity (Wildman–Crippen MR) is 176 cm³/mol. The normalized spacial score (nSPS) is 11.9. The van der Waals surface area contributed by atoms with Crippen LogP contribution in [0.4, 0.5) is 0 Å². The Hall–Kier alpha value is -5.40. The van der Waals surface area contributed by atoms with Gasteiger partial charge in [-0.1, -0.05) is 35.7 Å².